The molecule has 0 amide bonds. The molecule has 1 heterocycles. The van der Waals surface area contributed by atoms with E-state index in [4.69, 9.17) is 4.74 Å². The third-order valence-electron chi connectivity index (χ3n) is 4.58. The number of unbranched alkanes of at least 4 members (excludes halogenated alkanes) is 2. The van der Waals surface area contributed by atoms with Crippen molar-refractivity contribution in [2.75, 3.05) is 24.2 Å². The molecule has 0 radical (unpaired) electrons. The molecule has 28 heavy (non-hydrogen) atoms. The van der Waals surface area contributed by atoms with Crippen molar-refractivity contribution in [3.8, 4) is 11.5 Å². The highest BCUT2D eigenvalue weighted by atomic mass is 32.2. The summed E-state index contributed by atoms with van der Waals surface area (Å²) < 4.78 is 6.32. The summed E-state index contributed by atoms with van der Waals surface area (Å²) in [5.41, 5.74) is 1.93. The van der Waals surface area contributed by atoms with Crippen molar-refractivity contribution in [1.29, 1.82) is 0 Å². The van der Waals surface area contributed by atoms with Crippen molar-refractivity contribution >= 4 is 23.4 Å². The van der Waals surface area contributed by atoms with E-state index in [1.54, 1.807) is 18.3 Å². The topological polar surface area (TPSA) is 62.7 Å². The fourth-order valence-electron chi connectivity index (χ4n) is 2.94. The lowest BCUT2D eigenvalue weighted by Crippen LogP contribution is -2.26. The number of aromatic nitrogens is 1. The number of carboxylic acid groups (broad SMARTS) is 1. The molecule has 6 heteroatoms. The summed E-state index contributed by atoms with van der Waals surface area (Å²) in [6.07, 6.45) is 7.92. The number of benzene rings is 1. The van der Waals surface area contributed by atoms with Crippen molar-refractivity contribution in [2.24, 2.45) is 0 Å². The minimum atomic E-state index is -0.924. The second-order valence-electron chi connectivity index (χ2n) is 6.72. The van der Waals surface area contributed by atoms with E-state index in [9.17, 15) is 9.90 Å². The second-order valence-corrected chi connectivity index (χ2v) is 7.56. The van der Waals surface area contributed by atoms with Crippen molar-refractivity contribution < 1.29 is 14.6 Å². The van der Waals surface area contributed by atoms with Gasteiger partial charge in [0, 0.05) is 19.3 Å². The van der Waals surface area contributed by atoms with Gasteiger partial charge < -0.3 is 14.7 Å². The molecular formula is C22H30N2O3S. The van der Waals surface area contributed by atoms with Gasteiger partial charge in [-0.15, -0.1) is 11.8 Å². The summed E-state index contributed by atoms with van der Waals surface area (Å²) in [5.74, 6) is 0.473. The van der Waals surface area contributed by atoms with Crippen LogP contribution in [0.15, 0.2) is 35.4 Å². The number of aryl methyl sites for hydroxylation is 1. The van der Waals surface area contributed by atoms with Gasteiger partial charge in [-0.3, -0.25) is 4.98 Å². The van der Waals surface area contributed by atoms with Crippen molar-refractivity contribution in [1.82, 2.24) is 4.98 Å². The molecule has 0 fully saturated rings. The first-order valence-electron chi connectivity index (χ1n) is 9.81. The fraction of sp³-hybridized carbons (Fsp3) is 0.455. The molecule has 2 rings (SSSR count). The van der Waals surface area contributed by atoms with Gasteiger partial charge in [0.15, 0.2) is 5.75 Å². The van der Waals surface area contributed by atoms with E-state index in [-0.39, 0.29) is 5.56 Å². The maximum Gasteiger partial charge on any atom is 0.335 e. The fourth-order valence-corrected chi connectivity index (χ4v) is 3.51. The van der Waals surface area contributed by atoms with E-state index < -0.39 is 5.97 Å². The van der Waals surface area contributed by atoms with E-state index in [2.05, 4.69) is 23.7 Å². The third kappa shape index (κ3) is 5.64. The van der Waals surface area contributed by atoms with E-state index in [1.165, 1.54) is 11.8 Å². The SMILES string of the molecule is CCCCN(CCCC)c1cc(C(=O)O)cc(SC)c1Oc1cccnc1C. The molecular weight excluding hydrogens is 372 g/mol. The summed E-state index contributed by atoms with van der Waals surface area (Å²) in [4.78, 5) is 19.1. The van der Waals surface area contributed by atoms with Gasteiger partial charge in [0.25, 0.3) is 0 Å². The number of anilines is 1. The number of pyridine rings is 1. The summed E-state index contributed by atoms with van der Waals surface area (Å²) >= 11 is 1.50. The van der Waals surface area contributed by atoms with Crippen molar-refractivity contribution in [2.45, 2.75) is 51.3 Å². The van der Waals surface area contributed by atoms with Crippen LogP contribution in [0.5, 0.6) is 11.5 Å². The number of carbonyl (C=O) groups is 1. The molecule has 152 valence electrons. The zero-order valence-corrected chi connectivity index (χ0v) is 18.0. The summed E-state index contributed by atoms with van der Waals surface area (Å²) in [6, 6.07) is 7.17. The number of carboxylic acids is 1. The predicted octanol–water partition coefficient (Wildman–Crippen LogP) is 6.01. The van der Waals surface area contributed by atoms with Crippen LogP contribution in [0.2, 0.25) is 0 Å². The van der Waals surface area contributed by atoms with Gasteiger partial charge >= 0.3 is 5.97 Å². The first kappa shape index (κ1) is 22.1. The third-order valence-corrected chi connectivity index (χ3v) is 5.32. The Hall–Kier alpha value is -2.21. The molecule has 2 aromatic rings. The van der Waals surface area contributed by atoms with E-state index in [1.807, 2.05) is 25.3 Å². The Morgan fingerprint density at radius 3 is 2.43 bits per heavy atom. The Balaban J connectivity index is 2.58. The number of thioether (sulfide) groups is 1. The van der Waals surface area contributed by atoms with Crippen LogP contribution in [0.25, 0.3) is 0 Å². The Kier molecular flexibility index (Phi) is 8.64. The quantitative estimate of drug-likeness (QED) is 0.464. The Morgan fingerprint density at radius 1 is 1.21 bits per heavy atom. The maximum atomic E-state index is 11.7. The van der Waals surface area contributed by atoms with Gasteiger partial charge in [-0.1, -0.05) is 26.7 Å². The summed E-state index contributed by atoms with van der Waals surface area (Å²) in [6.45, 7) is 7.97. The van der Waals surface area contributed by atoms with Crippen LogP contribution in [-0.4, -0.2) is 35.4 Å². The number of hydrogen-bond donors (Lipinski definition) is 1. The maximum absolute atomic E-state index is 11.7. The van der Waals surface area contributed by atoms with E-state index >= 15 is 0 Å². The zero-order valence-electron chi connectivity index (χ0n) is 17.2. The number of aromatic carboxylic acids is 1. The lowest BCUT2D eigenvalue weighted by atomic mass is 10.1. The molecule has 0 bridgehead atoms. The highest BCUT2D eigenvalue weighted by Gasteiger charge is 2.21. The molecule has 0 aliphatic rings. The van der Waals surface area contributed by atoms with Crippen LogP contribution in [0, 0.1) is 6.92 Å². The van der Waals surface area contributed by atoms with Crippen LogP contribution in [0.1, 0.15) is 55.6 Å². The van der Waals surface area contributed by atoms with Gasteiger partial charge in [0.1, 0.15) is 5.75 Å². The Bertz CT molecular complexity index is 787. The monoisotopic (exact) mass is 402 g/mol. The predicted molar refractivity (Wildman–Crippen MR) is 116 cm³/mol. The molecule has 0 aliphatic carbocycles. The van der Waals surface area contributed by atoms with Crippen molar-refractivity contribution in [3.05, 3.63) is 41.7 Å². The standard InChI is InChI=1S/C22H30N2O3S/c1-5-7-12-24(13-8-6-2)18-14-17(22(25)26)15-20(28-4)21(18)27-19-10-9-11-23-16(19)3/h9-11,14-15H,5-8,12-13H2,1-4H3,(H,25,26). The number of hydrogen-bond acceptors (Lipinski definition) is 5. The van der Waals surface area contributed by atoms with Gasteiger partial charge in [-0.25, -0.2) is 4.79 Å². The average molecular weight is 403 g/mol. The molecule has 0 unspecified atom stereocenters. The smallest absolute Gasteiger partial charge is 0.335 e. The first-order chi connectivity index (χ1) is 13.5. The molecule has 1 N–H and O–H groups in total. The highest BCUT2D eigenvalue weighted by Crippen LogP contribution is 2.42. The molecule has 0 spiro atoms. The normalized spacial score (nSPS) is 10.7. The summed E-state index contributed by atoms with van der Waals surface area (Å²) in [7, 11) is 0. The number of rotatable bonds is 11. The molecule has 1 aromatic carbocycles. The molecule has 0 atom stereocenters. The Labute approximate surface area is 172 Å². The molecule has 0 aliphatic heterocycles. The highest BCUT2D eigenvalue weighted by molar-refractivity contribution is 7.98. The minimum absolute atomic E-state index is 0.285. The van der Waals surface area contributed by atoms with Crippen LogP contribution in [0.4, 0.5) is 5.69 Å². The molecule has 0 saturated heterocycles. The summed E-state index contributed by atoms with van der Waals surface area (Å²) in [5, 5.41) is 9.61. The van der Waals surface area contributed by atoms with Gasteiger partial charge in [0.05, 0.1) is 21.8 Å². The lowest BCUT2D eigenvalue weighted by molar-refractivity contribution is 0.0696. The van der Waals surface area contributed by atoms with Crippen LogP contribution >= 0.6 is 11.8 Å². The van der Waals surface area contributed by atoms with Crippen molar-refractivity contribution in [3.63, 3.8) is 0 Å². The lowest BCUT2D eigenvalue weighted by Gasteiger charge is -2.28. The molecule has 5 nitrogen and oxygen atoms in total. The number of nitrogens with zero attached hydrogens (tertiary/aromatic N) is 2. The first-order valence-corrected chi connectivity index (χ1v) is 11.0. The largest absolute Gasteiger partial charge is 0.478 e. The number of ether oxygens (including phenoxy) is 1. The van der Waals surface area contributed by atoms with Crippen LogP contribution in [0.3, 0.4) is 0 Å². The van der Waals surface area contributed by atoms with E-state index in [0.717, 1.165) is 55.0 Å². The van der Waals surface area contributed by atoms with Gasteiger partial charge in [-0.05, 0) is 50.3 Å². The van der Waals surface area contributed by atoms with Gasteiger partial charge in [-0.2, -0.15) is 0 Å². The average Bonchev–Trinajstić information content (AvgIpc) is 2.69. The minimum Gasteiger partial charge on any atom is -0.478 e. The zero-order chi connectivity index (χ0) is 20.5. The molecule has 1 aromatic heterocycles. The molecule has 0 saturated carbocycles. The van der Waals surface area contributed by atoms with E-state index in [0.29, 0.717) is 11.5 Å². The second kappa shape index (κ2) is 11.0. The Morgan fingerprint density at radius 2 is 1.89 bits per heavy atom. The van der Waals surface area contributed by atoms with Crippen LogP contribution < -0.4 is 9.64 Å². The van der Waals surface area contributed by atoms with Crippen LogP contribution in [-0.2, 0) is 0 Å². The van der Waals surface area contributed by atoms with Gasteiger partial charge in [0.2, 0.25) is 0 Å².